The molecule has 0 fully saturated rings. The normalized spacial score (nSPS) is 10.4. The Balaban J connectivity index is 2.11. The average Bonchev–Trinajstić information content (AvgIpc) is 2.26. The molecule has 0 unspecified atom stereocenters. The minimum absolute atomic E-state index is 0.308. The molecule has 0 aromatic heterocycles. The van der Waals surface area contributed by atoms with Crippen molar-refractivity contribution in [1.29, 1.82) is 0 Å². The van der Waals surface area contributed by atoms with Gasteiger partial charge < -0.3 is 5.32 Å². The molecular formula is C13H9BrCl2FN. The van der Waals surface area contributed by atoms with Crippen molar-refractivity contribution in [3.63, 3.8) is 0 Å². The van der Waals surface area contributed by atoms with Crippen LogP contribution in [0.1, 0.15) is 5.56 Å². The molecule has 0 saturated carbocycles. The van der Waals surface area contributed by atoms with Crippen molar-refractivity contribution in [2.75, 3.05) is 5.32 Å². The van der Waals surface area contributed by atoms with E-state index >= 15 is 0 Å². The Hall–Kier alpha value is -0.770. The van der Waals surface area contributed by atoms with E-state index in [0.29, 0.717) is 26.8 Å². The second kappa shape index (κ2) is 5.91. The van der Waals surface area contributed by atoms with Crippen molar-refractivity contribution >= 4 is 44.8 Å². The topological polar surface area (TPSA) is 12.0 Å². The van der Waals surface area contributed by atoms with Crippen LogP contribution in [0.4, 0.5) is 10.1 Å². The predicted octanol–water partition coefficient (Wildman–Crippen LogP) is 5.51. The van der Waals surface area contributed by atoms with Crippen molar-refractivity contribution in [2.24, 2.45) is 0 Å². The Morgan fingerprint density at radius 1 is 1.06 bits per heavy atom. The molecule has 0 aliphatic carbocycles. The number of rotatable bonds is 3. The highest BCUT2D eigenvalue weighted by Crippen LogP contribution is 2.22. The maximum atomic E-state index is 13.6. The molecule has 0 atom stereocenters. The molecule has 2 aromatic carbocycles. The smallest absolute Gasteiger partial charge is 0.147 e. The van der Waals surface area contributed by atoms with Crippen LogP contribution in [0.2, 0.25) is 10.0 Å². The summed E-state index contributed by atoms with van der Waals surface area (Å²) in [6, 6.07) is 10.1. The SMILES string of the molecule is Fc1cc(Br)ccc1NCc1cc(Cl)cc(Cl)c1. The van der Waals surface area contributed by atoms with E-state index in [4.69, 9.17) is 23.2 Å². The van der Waals surface area contributed by atoms with Gasteiger partial charge in [0.2, 0.25) is 0 Å². The molecular weight excluding hydrogens is 340 g/mol. The minimum atomic E-state index is -0.308. The van der Waals surface area contributed by atoms with E-state index in [1.54, 1.807) is 30.3 Å². The first-order valence-electron chi connectivity index (χ1n) is 5.18. The molecule has 5 heteroatoms. The van der Waals surface area contributed by atoms with E-state index in [0.717, 1.165) is 5.56 Å². The minimum Gasteiger partial charge on any atom is -0.379 e. The van der Waals surface area contributed by atoms with Crippen LogP contribution in [0.15, 0.2) is 40.9 Å². The maximum Gasteiger partial charge on any atom is 0.147 e. The first-order valence-corrected chi connectivity index (χ1v) is 6.73. The zero-order valence-corrected chi connectivity index (χ0v) is 12.3. The number of anilines is 1. The molecule has 0 aliphatic rings. The third kappa shape index (κ3) is 3.61. The molecule has 0 radical (unpaired) electrons. The first kappa shape index (κ1) is 13.7. The monoisotopic (exact) mass is 347 g/mol. The van der Waals surface area contributed by atoms with E-state index in [1.165, 1.54) is 6.07 Å². The third-order valence-corrected chi connectivity index (χ3v) is 3.27. The molecule has 94 valence electrons. The molecule has 0 saturated heterocycles. The molecule has 0 spiro atoms. The molecule has 18 heavy (non-hydrogen) atoms. The van der Waals surface area contributed by atoms with Crippen molar-refractivity contribution in [1.82, 2.24) is 0 Å². The van der Waals surface area contributed by atoms with E-state index < -0.39 is 0 Å². The second-order valence-electron chi connectivity index (χ2n) is 3.76. The number of hydrogen-bond acceptors (Lipinski definition) is 1. The number of halogens is 4. The number of nitrogens with one attached hydrogen (secondary N) is 1. The van der Waals surface area contributed by atoms with Gasteiger partial charge in [-0.05, 0) is 42.0 Å². The summed E-state index contributed by atoms with van der Waals surface area (Å²) in [5.41, 5.74) is 1.34. The lowest BCUT2D eigenvalue weighted by Gasteiger charge is -2.08. The van der Waals surface area contributed by atoms with Crippen molar-refractivity contribution < 1.29 is 4.39 Å². The lowest BCUT2D eigenvalue weighted by Crippen LogP contribution is -2.01. The summed E-state index contributed by atoms with van der Waals surface area (Å²) < 4.78 is 14.3. The van der Waals surface area contributed by atoms with Gasteiger partial charge in [0.1, 0.15) is 5.82 Å². The summed E-state index contributed by atoms with van der Waals surface area (Å²) in [6.07, 6.45) is 0. The Kier molecular flexibility index (Phi) is 4.49. The van der Waals surface area contributed by atoms with Gasteiger partial charge in [-0.25, -0.2) is 4.39 Å². The van der Waals surface area contributed by atoms with Gasteiger partial charge in [-0.1, -0.05) is 39.1 Å². The first-order chi connectivity index (χ1) is 8.54. The summed E-state index contributed by atoms with van der Waals surface area (Å²) >= 11 is 15.0. The molecule has 2 aromatic rings. The fraction of sp³-hybridized carbons (Fsp3) is 0.0769. The van der Waals surface area contributed by atoms with Gasteiger partial charge in [-0.2, -0.15) is 0 Å². The summed E-state index contributed by atoms with van der Waals surface area (Å²) in [6.45, 7) is 0.457. The lowest BCUT2D eigenvalue weighted by molar-refractivity contribution is 0.629. The summed E-state index contributed by atoms with van der Waals surface area (Å²) in [4.78, 5) is 0. The van der Waals surface area contributed by atoms with Crippen LogP contribution in [0, 0.1) is 5.82 Å². The molecule has 0 aliphatic heterocycles. The van der Waals surface area contributed by atoms with E-state index in [9.17, 15) is 4.39 Å². The molecule has 1 N–H and O–H groups in total. The summed E-state index contributed by atoms with van der Waals surface area (Å²) in [5.74, 6) is -0.308. The van der Waals surface area contributed by atoms with Crippen molar-refractivity contribution in [3.8, 4) is 0 Å². The van der Waals surface area contributed by atoms with Gasteiger partial charge in [0.25, 0.3) is 0 Å². The molecule has 1 nitrogen and oxygen atoms in total. The molecule has 2 rings (SSSR count). The second-order valence-corrected chi connectivity index (χ2v) is 5.54. The molecule has 0 heterocycles. The standard InChI is InChI=1S/C13H9BrCl2FN/c14-9-1-2-13(12(17)5-9)18-7-8-3-10(15)6-11(16)4-8/h1-6,18H,7H2. The van der Waals surface area contributed by atoms with Gasteiger partial charge in [-0.3, -0.25) is 0 Å². The van der Waals surface area contributed by atoms with Gasteiger partial charge in [0, 0.05) is 21.1 Å². The Morgan fingerprint density at radius 3 is 2.33 bits per heavy atom. The summed E-state index contributed by atoms with van der Waals surface area (Å²) in [7, 11) is 0. The predicted molar refractivity (Wildman–Crippen MR) is 77.9 cm³/mol. The summed E-state index contributed by atoms with van der Waals surface area (Å²) in [5, 5.41) is 4.13. The zero-order valence-electron chi connectivity index (χ0n) is 9.18. The van der Waals surface area contributed by atoms with Crippen LogP contribution in [-0.4, -0.2) is 0 Å². The van der Waals surface area contributed by atoms with Crippen LogP contribution in [-0.2, 0) is 6.54 Å². The van der Waals surface area contributed by atoms with Gasteiger partial charge in [0.05, 0.1) is 5.69 Å². The maximum absolute atomic E-state index is 13.6. The quantitative estimate of drug-likeness (QED) is 0.771. The zero-order chi connectivity index (χ0) is 13.1. The van der Waals surface area contributed by atoms with Gasteiger partial charge >= 0.3 is 0 Å². The van der Waals surface area contributed by atoms with Crippen LogP contribution >= 0.6 is 39.1 Å². The highest BCUT2D eigenvalue weighted by molar-refractivity contribution is 9.10. The van der Waals surface area contributed by atoms with Crippen molar-refractivity contribution in [2.45, 2.75) is 6.54 Å². The number of hydrogen-bond donors (Lipinski definition) is 1. The van der Waals surface area contributed by atoms with E-state index in [-0.39, 0.29) is 5.82 Å². The fourth-order valence-corrected chi connectivity index (χ4v) is 2.45. The highest BCUT2D eigenvalue weighted by Gasteiger charge is 2.03. The fourth-order valence-electron chi connectivity index (χ4n) is 1.54. The number of benzene rings is 2. The Labute approximate surface area is 123 Å². The van der Waals surface area contributed by atoms with E-state index in [1.807, 2.05) is 0 Å². The highest BCUT2D eigenvalue weighted by atomic mass is 79.9. The van der Waals surface area contributed by atoms with Crippen LogP contribution in [0.25, 0.3) is 0 Å². The lowest BCUT2D eigenvalue weighted by atomic mass is 10.2. The van der Waals surface area contributed by atoms with Crippen LogP contribution in [0.3, 0.4) is 0 Å². The molecule has 0 amide bonds. The third-order valence-electron chi connectivity index (χ3n) is 2.34. The van der Waals surface area contributed by atoms with Crippen LogP contribution in [0.5, 0.6) is 0 Å². The van der Waals surface area contributed by atoms with Gasteiger partial charge in [0.15, 0.2) is 0 Å². The van der Waals surface area contributed by atoms with Crippen LogP contribution < -0.4 is 5.32 Å². The largest absolute Gasteiger partial charge is 0.379 e. The average molecular weight is 349 g/mol. The van der Waals surface area contributed by atoms with Crippen molar-refractivity contribution in [3.05, 3.63) is 62.3 Å². The Morgan fingerprint density at radius 2 is 1.72 bits per heavy atom. The van der Waals surface area contributed by atoms with E-state index in [2.05, 4.69) is 21.2 Å². The van der Waals surface area contributed by atoms with Gasteiger partial charge in [-0.15, -0.1) is 0 Å². The Bertz CT molecular complexity index is 555. The molecule has 0 bridgehead atoms.